The van der Waals surface area contributed by atoms with E-state index in [0.29, 0.717) is 13.1 Å². The minimum Gasteiger partial charge on any atom is -0.336 e. The fourth-order valence-electron chi connectivity index (χ4n) is 3.08. The van der Waals surface area contributed by atoms with Gasteiger partial charge in [0.2, 0.25) is 5.91 Å². The largest absolute Gasteiger partial charge is 0.336 e. The Morgan fingerprint density at radius 3 is 2.95 bits per heavy atom. The lowest BCUT2D eigenvalue weighted by Gasteiger charge is -2.25. The summed E-state index contributed by atoms with van der Waals surface area (Å²) in [6.45, 7) is 1.94. The first-order chi connectivity index (χ1) is 10.1. The highest BCUT2D eigenvalue weighted by molar-refractivity contribution is 5.96. The number of carbonyl (C=O) groups excluding carboxylic acids is 2. The second-order valence-corrected chi connectivity index (χ2v) is 5.46. The molecule has 21 heavy (non-hydrogen) atoms. The number of imide groups is 1. The molecule has 3 amide bonds. The minimum atomic E-state index is -0.318. The monoisotopic (exact) mass is 291 g/mol. The summed E-state index contributed by atoms with van der Waals surface area (Å²) < 4.78 is 13.4. The quantitative estimate of drug-likeness (QED) is 0.918. The van der Waals surface area contributed by atoms with Gasteiger partial charge in [0.15, 0.2) is 0 Å². The third kappa shape index (κ3) is 2.90. The van der Waals surface area contributed by atoms with Crippen LogP contribution in [-0.4, -0.2) is 47.9 Å². The van der Waals surface area contributed by atoms with Gasteiger partial charge in [0.05, 0.1) is 6.54 Å². The number of hydrogen-bond acceptors (Lipinski definition) is 3. The molecule has 2 saturated heterocycles. The van der Waals surface area contributed by atoms with E-state index in [0.717, 1.165) is 24.9 Å². The predicted molar refractivity (Wildman–Crippen MR) is 75.1 cm³/mol. The van der Waals surface area contributed by atoms with Crippen LogP contribution in [0.25, 0.3) is 0 Å². The molecule has 0 radical (unpaired) electrons. The average molecular weight is 291 g/mol. The van der Waals surface area contributed by atoms with Crippen LogP contribution >= 0.6 is 0 Å². The van der Waals surface area contributed by atoms with Crippen LogP contribution in [0.4, 0.5) is 9.18 Å². The molecule has 0 aliphatic carbocycles. The Morgan fingerprint density at radius 1 is 1.38 bits per heavy atom. The zero-order valence-corrected chi connectivity index (χ0v) is 11.7. The molecule has 3 rings (SSSR count). The Balaban J connectivity index is 1.69. The summed E-state index contributed by atoms with van der Waals surface area (Å²) >= 11 is 0. The van der Waals surface area contributed by atoms with E-state index < -0.39 is 0 Å². The van der Waals surface area contributed by atoms with E-state index in [2.05, 4.69) is 5.32 Å². The zero-order chi connectivity index (χ0) is 14.8. The molecular formula is C15H18FN3O2. The minimum absolute atomic E-state index is 0.0512. The molecule has 1 aromatic rings. The number of nitrogens with zero attached hydrogens (tertiary/aromatic N) is 2. The van der Waals surface area contributed by atoms with Crippen LogP contribution in [0.3, 0.4) is 0 Å². The SMILES string of the molecule is O=C(CN1CCC[C@H]1c1cccc(F)c1)N1CCNC1=O. The molecule has 2 fully saturated rings. The summed E-state index contributed by atoms with van der Waals surface area (Å²) in [5, 5.41) is 2.62. The fraction of sp³-hybridized carbons (Fsp3) is 0.467. The topological polar surface area (TPSA) is 52.7 Å². The van der Waals surface area contributed by atoms with Crippen LogP contribution in [0.15, 0.2) is 24.3 Å². The number of amides is 3. The lowest BCUT2D eigenvalue weighted by Crippen LogP contribution is -2.41. The van der Waals surface area contributed by atoms with Gasteiger partial charge in [0.25, 0.3) is 0 Å². The van der Waals surface area contributed by atoms with Crippen molar-refractivity contribution >= 4 is 11.9 Å². The molecule has 112 valence electrons. The van der Waals surface area contributed by atoms with Crippen LogP contribution in [0, 0.1) is 5.82 Å². The lowest BCUT2D eigenvalue weighted by molar-refractivity contribution is -0.129. The Labute approximate surface area is 122 Å². The maximum atomic E-state index is 13.4. The van der Waals surface area contributed by atoms with E-state index in [1.807, 2.05) is 11.0 Å². The molecule has 0 bridgehead atoms. The molecule has 0 spiro atoms. The second-order valence-electron chi connectivity index (χ2n) is 5.46. The first-order valence-electron chi connectivity index (χ1n) is 7.23. The molecule has 0 unspecified atom stereocenters. The Hall–Kier alpha value is -1.95. The van der Waals surface area contributed by atoms with Crippen LogP contribution < -0.4 is 5.32 Å². The molecule has 0 aromatic heterocycles. The standard InChI is InChI=1S/C15H18FN3O2/c16-12-4-1-3-11(9-12)13-5-2-7-18(13)10-14(20)19-8-6-17-15(19)21/h1,3-4,9,13H,2,5-8,10H2,(H,17,21)/t13-/m0/s1. The van der Waals surface area contributed by atoms with Crippen molar-refractivity contribution in [3.05, 3.63) is 35.6 Å². The number of carbonyl (C=O) groups is 2. The van der Waals surface area contributed by atoms with Gasteiger partial charge in [-0.2, -0.15) is 0 Å². The number of urea groups is 1. The van der Waals surface area contributed by atoms with Crippen molar-refractivity contribution in [2.45, 2.75) is 18.9 Å². The van der Waals surface area contributed by atoms with Crippen molar-refractivity contribution < 1.29 is 14.0 Å². The van der Waals surface area contributed by atoms with Gasteiger partial charge in [0, 0.05) is 19.1 Å². The van der Waals surface area contributed by atoms with E-state index in [9.17, 15) is 14.0 Å². The van der Waals surface area contributed by atoms with Crippen molar-refractivity contribution in [3.8, 4) is 0 Å². The average Bonchev–Trinajstić information content (AvgIpc) is 3.07. The number of hydrogen-bond donors (Lipinski definition) is 1. The van der Waals surface area contributed by atoms with E-state index in [-0.39, 0.29) is 30.3 Å². The molecule has 2 aliphatic rings. The maximum absolute atomic E-state index is 13.4. The van der Waals surface area contributed by atoms with Gasteiger partial charge < -0.3 is 5.32 Å². The van der Waals surface area contributed by atoms with Crippen molar-refractivity contribution in [2.75, 3.05) is 26.2 Å². The van der Waals surface area contributed by atoms with E-state index in [1.165, 1.54) is 17.0 Å². The van der Waals surface area contributed by atoms with Gasteiger partial charge in [-0.25, -0.2) is 9.18 Å². The van der Waals surface area contributed by atoms with Crippen LogP contribution in [0.2, 0.25) is 0 Å². The highest BCUT2D eigenvalue weighted by Crippen LogP contribution is 2.31. The van der Waals surface area contributed by atoms with Gasteiger partial charge >= 0.3 is 6.03 Å². The van der Waals surface area contributed by atoms with Gasteiger partial charge in [-0.1, -0.05) is 12.1 Å². The maximum Gasteiger partial charge on any atom is 0.324 e. The molecule has 6 heteroatoms. The summed E-state index contributed by atoms with van der Waals surface area (Å²) in [6, 6.07) is 6.26. The summed E-state index contributed by atoms with van der Waals surface area (Å²) in [7, 11) is 0. The molecule has 1 aromatic carbocycles. The highest BCUT2D eigenvalue weighted by Gasteiger charge is 2.32. The fourth-order valence-corrected chi connectivity index (χ4v) is 3.08. The normalized spacial score (nSPS) is 22.6. The Bertz CT molecular complexity index is 564. The van der Waals surface area contributed by atoms with Gasteiger partial charge in [-0.05, 0) is 37.1 Å². The van der Waals surface area contributed by atoms with Gasteiger partial charge in [-0.3, -0.25) is 14.6 Å². The number of likely N-dealkylation sites (tertiary alicyclic amines) is 1. The Kier molecular flexibility index (Phi) is 3.88. The van der Waals surface area contributed by atoms with Gasteiger partial charge in [0.1, 0.15) is 5.82 Å². The van der Waals surface area contributed by atoms with E-state index >= 15 is 0 Å². The highest BCUT2D eigenvalue weighted by atomic mass is 19.1. The summed E-state index contributed by atoms with van der Waals surface area (Å²) in [5.41, 5.74) is 0.895. The molecular weight excluding hydrogens is 273 g/mol. The van der Waals surface area contributed by atoms with Crippen LogP contribution in [-0.2, 0) is 4.79 Å². The van der Waals surface area contributed by atoms with Crippen molar-refractivity contribution in [1.29, 1.82) is 0 Å². The predicted octanol–water partition coefficient (Wildman–Crippen LogP) is 1.51. The molecule has 2 heterocycles. The number of rotatable bonds is 3. The summed E-state index contributed by atoms with van der Waals surface area (Å²) in [4.78, 5) is 27.0. The first kappa shape index (κ1) is 14.0. The number of benzene rings is 1. The molecule has 0 saturated carbocycles. The van der Waals surface area contributed by atoms with Crippen molar-refractivity contribution in [3.63, 3.8) is 0 Å². The third-order valence-electron chi connectivity index (χ3n) is 4.09. The van der Waals surface area contributed by atoms with Crippen LogP contribution in [0.5, 0.6) is 0 Å². The molecule has 1 atom stereocenters. The zero-order valence-electron chi connectivity index (χ0n) is 11.7. The molecule has 1 N–H and O–H groups in total. The Morgan fingerprint density at radius 2 is 2.24 bits per heavy atom. The van der Waals surface area contributed by atoms with E-state index in [4.69, 9.17) is 0 Å². The summed E-state index contributed by atoms with van der Waals surface area (Å²) in [6.07, 6.45) is 1.88. The first-order valence-corrected chi connectivity index (χ1v) is 7.23. The number of nitrogens with one attached hydrogen (secondary N) is 1. The van der Waals surface area contributed by atoms with E-state index in [1.54, 1.807) is 6.07 Å². The van der Waals surface area contributed by atoms with Crippen molar-refractivity contribution in [1.82, 2.24) is 15.1 Å². The lowest BCUT2D eigenvalue weighted by atomic mass is 10.0. The van der Waals surface area contributed by atoms with Crippen LogP contribution in [0.1, 0.15) is 24.4 Å². The molecule has 5 nitrogen and oxygen atoms in total. The number of halogens is 1. The third-order valence-corrected chi connectivity index (χ3v) is 4.09. The second kappa shape index (κ2) is 5.81. The molecule has 2 aliphatic heterocycles. The van der Waals surface area contributed by atoms with Gasteiger partial charge in [-0.15, -0.1) is 0 Å². The van der Waals surface area contributed by atoms with Crippen molar-refractivity contribution in [2.24, 2.45) is 0 Å². The smallest absolute Gasteiger partial charge is 0.324 e. The summed E-state index contributed by atoms with van der Waals surface area (Å²) in [5.74, 6) is -0.446.